The maximum atomic E-state index is 2.87. The van der Waals surface area contributed by atoms with E-state index >= 15 is 0 Å². The Hall–Kier alpha value is -5.22. The molecule has 6 aromatic rings. The molecular weight excluding hydrogens is 713 g/mol. The van der Waals surface area contributed by atoms with Crippen molar-refractivity contribution >= 4 is 68.6 Å². The summed E-state index contributed by atoms with van der Waals surface area (Å²) in [5.74, 6) is 0. The first-order valence-electron chi connectivity index (χ1n) is 22.1. The lowest BCUT2D eigenvalue weighted by Gasteiger charge is -2.53. The average Bonchev–Trinajstić information content (AvgIpc) is 3.39. The van der Waals surface area contributed by atoms with Gasteiger partial charge in [-0.15, -0.1) is 0 Å². The van der Waals surface area contributed by atoms with Gasteiger partial charge in [-0.3, -0.25) is 0 Å². The van der Waals surface area contributed by atoms with Crippen molar-refractivity contribution in [2.45, 2.75) is 124 Å². The summed E-state index contributed by atoms with van der Waals surface area (Å²) < 4.78 is 0. The zero-order chi connectivity index (χ0) is 41.4. The molecule has 3 aliphatic heterocycles. The fourth-order valence-corrected chi connectivity index (χ4v) is 11.4. The highest BCUT2D eigenvalue weighted by Crippen LogP contribution is 2.62. The van der Waals surface area contributed by atoms with Crippen molar-refractivity contribution in [1.82, 2.24) is 0 Å². The van der Waals surface area contributed by atoms with Crippen LogP contribution in [0.1, 0.15) is 114 Å². The van der Waals surface area contributed by atoms with Crippen LogP contribution in [-0.2, 0) is 16.2 Å². The Labute approximate surface area is 354 Å². The van der Waals surface area contributed by atoms with Gasteiger partial charge in [-0.1, -0.05) is 128 Å². The molecule has 4 aliphatic rings. The van der Waals surface area contributed by atoms with E-state index in [2.05, 4.69) is 206 Å². The first-order valence-corrected chi connectivity index (χ1v) is 22.1. The van der Waals surface area contributed by atoms with Crippen molar-refractivity contribution in [3.8, 4) is 0 Å². The van der Waals surface area contributed by atoms with Gasteiger partial charge in [0.2, 0.25) is 0 Å². The Morgan fingerprint density at radius 3 is 1.80 bits per heavy atom. The first-order chi connectivity index (χ1) is 28.0. The smallest absolute Gasteiger partial charge is 0.252 e. The van der Waals surface area contributed by atoms with Gasteiger partial charge in [0.1, 0.15) is 0 Å². The van der Waals surface area contributed by atoms with Crippen LogP contribution in [0.15, 0.2) is 115 Å². The molecule has 1 aliphatic carbocycles. The predicted molar refractivity (Wildman–Crippen MR) is 255 cm³/mol. The Balaban J connectivity index is 1.32. The largest absolute Gasteiger partial charge is 0.335 e. The molecular formula is C55H60BN3. The quantitative estimate of drug-likeness (QED) is 0.165. The molecule has 4 heteroatoms. The van der Waals surface area contributed by atoms with Crippen LogP contribution in [0.4, 0.5) is 45.5 Å². The van der Waals surface area contributed by atoms with E-state index in [-0.39, 0.29) is 28.5 Å². The summed E-state index contributed by atoms with van der Waals surface area (Å²) in [6, 6.07) is 45.2. The number of fused-ring (bicyclic) bond motifs is 7. The fraction of sp³-hybridized carbons (Fsp3) is 0.345. The SMILES string of the molecule is Cc1cccc(N2c3cc(C)ccc3B3c4cc(C)cc5c4N(c4cc(N(c6ccc(C(C)(C)C)cc6)c6ccc(C(C)(C)C)cc6)cc2c43)C2(C)CCCCC52C)c1. The molecule has 2 unspecified atom stereocenters. The molecule has 0 aromatic heterocycles. The number of nitrogens with zero attached hydrogens (tertiary/aromatic N) is 3. The van der Waals surface area contributed by atoms with Crippen molar-refractivity contribution in [3.63, 3.8) is 0 Å². The molecule has 0 amide bonds. The minimum Gasteiger partial charge on any atom is -0.335 e. The average molecular weight is 774 g/mol. The van der Waals surface area contributed by atoms with Crippen molar-refractivity contribution in [3.05, 3.63) is 149 Å². The van der Waals surface area contributed by atoms with E-state index in [0.29, 0.717) is 0 Å². The Morgan fingerprint density at radius 2 is 1.17 bits per heavy atom. The lowest BCUT2D eigenvalue weighted by atomic mass is 9.33. The Morgan fingerprint density at radius 1 is 0.559 bits per heavy atom. The summed E-state index contributed by atoms with van der Waals surface area (Å²) in [5.41, 5.74) is 22.6. The van der Waals surface area contributed by atoms with Crippen LogP contribution in [0.3, 0.4) is 0 Å². The van der Waals surface area contributed by atoms with Crippen LogP contribution in [-0.4, -0.2) is 12.3 Å². The molecule has 2 atom stereocenters. The first kappa shape index (κ1) is 38.0. The lowest BCUT2D eigenvalue weighted by molar-refractivity contribution is 0.195. The summed E-state index contributed by atoms with van der Waals surface area (Å²) >= 11 is 0. The van der Waals surface area contributed by atoms with Crippen LogP contribution in [0, 0.1) is 20.8 Å². The highest BCUT2D eigenvalue weighted by molar-refractivity contribution is 7.00. The summed E-state index contributed by atoms with van der Waals surface area (Å²) in [6.07, 6.45) is 4.90. The standard InChI is InChI=1S/C55H60BN3/c1-35-15-14-16-42(29-35)58-47-32-36(2)17-26-45(47)56-46-31-37(3)30-44-51(46)59(55(11)28-13-12-27-54(44,55)10)49-34-43(33-48(58)50(49)56)57(40-22-18-38(19-23-40)52(4,5)6)41-24-20-39(21-25-41)53(7,8)9/h14-26,29-34H,12-13,27-28H2,1-11H3. The zero-order valence-corrected chi connectivity index (χ0v) is 37.2. The summed E-state index contributed by atoms with van der Waals surface area (Å²) in [6.45, 7) is 25.9. The third-order valence-corrected chi connectivity index (χ3v) is 14.8. The number of hydrogen-bond acceptors (Lipinski definition) is 3. The number of rotatable bonds is 4. The summed E-state index contributed by atoms with van der Waals surface area (Å²) in [7, 11) is 0. The van der Waals surface area contributed by atoms with Gasteiger partial charge in [-0.05, 0) is 150 Å². The van der Waals surface area contributed by atoms with Crippen LogP contribution in [0.25, 0.3) is 0 Å². The van der Waals surface area contributed by atoms with E-state index in [9.17, 15) is 0 Å². The van der Waals surface area contributed by atoms with E-state index in [1.54, 1.807) is 5.56 Å². The second-order valence-corrected chi connectivity index (χ2v) is 20.9. The van der Waals surface area contributed by atoms with Crippen LogP contribution < -0.4 is 31.1 Å². The maximum absolute atomic E-state index is 2.87. The third kappa shape index (κ3) is 5.61. The molecule has 0 spiro atoms. The highest BCUT2D eigenvalue weighted by atomic mass is 15.3. The highest BCUT2D eigenvalue weighted by Gasteiger charge is 2.61. The maximum Gasteiger partial charge on any atom is 0.252 e. The zero-order valence-electron chi connectivity index (χ0n) is 37.2. The summed E-state index contributed by atoms with van der Waals surface area (Å²) in [5, 5.41) is 0. The lowest BCUT2D eigenvalue weighted by Crippen LogP contribution is -2.64. The van der Waals surface area contributed by atoms with Crippen LogP contribution in [0.2, 0.25) is 0 Å². The van der Waals surface area contributed by atoms with Gasteiger partial charge < -0.3 is 14.7 Å². The van der Waals surface area contributed by atoms with Crippen LogP contribution >= 0.6 is 0 Å². The van der Waals surface area contributed by atoms with Gasteiger partial charge in [0.25, 0.3) is 6.71 Å². The molecule has 0 radical (unpaired) electrons. The molecule has 0 bridgehead atoms. The van der Waals surface area contributed by atoms with Gasteiger partial charge >= 0.3 is 0 Å². The van der Waals surface area contributed by atoms with Crippen molar-refractivity contribution in [1.29, 1.82) is 0 Å². The number of aryl methyl sites for hydroxylation is 3. The van der Waals surface area contributed by atoms with Gasteiger partial charge in [-0.2, -0.15) is 0 Å². The molecule has 0 saturated heterocycles. The van der Waals surface area contributed by atoms with E-state index in [0.717, 1.165) is 0 Å². The molecule has 6 aromatic carbocycles. The van der Waals surface area contributed by atoms with E-state index in [4.69, 9.17) is 0 Å². The van der Waals surface area contributed by atoms with Crippen LogP contribution in [0.5, 0.6) is 0 Å². The van der Waals surface area contributed by atoms with Gasteiger partial charge in [0, 0.05) is 45.2 Å². The fourth-order valence-electron chi connectivity index (χ4n) is 11.4. The molecule has 1 fully saturated rings. The number of hydrogen-bond donors (Lipinski definition) is 0. The molecule has 3 heterocycles. The second-order valence-electron chi connectivity index (χ2n) is 20.9. The Kier molecular flexibility index (Phi) is 8.31. The second kappa shape index (κ2) is 12.9. The van der Waals surface area contributed by atoms with Crippen molar-refractivity contribution < 1.29 is 0 Å². The topological polar surface area (TPSA) is 9.72 Å². The normalized spacial score (nSPS) is 20.2. The van der Waals surface area contributed by atoms with E-state index in [1.807, 2.05) is 0 Å². The van der Waals surface area contributed by atoms with Gasteiger partial charge in [-0.25, -0.2) is 0 Å². The molecule has 3 nitrogen and oxygen atoms in total. The Bertz CT molecular complexity index is 2600. The third-order valence-electron chi connectivity index (χ3n) is 14.8. The molecule has 298 valence electrons. The minimum absolute atomic E-state index is 0.0370. The molecule has 0 N–H and O–H groups in total. The number of benzene rings is 6. The monoisotopic (exact) mass is 773 g/mol. The minimum atomic E-state index is -0.0667. The van der Waals surface area contributed by atoms with E-state index < -0.39 is 0 Å². The van der Waals surface area contributed by atoms with Gasteiger partial charge in [0.05, 0.1) is 11.2 Å². The van der Waals surface area contributed by atoms with E-state index in [1.165, 1.54) is 115 Å². The van der Waals surface area contributed by atoms with Gasteiger partial charge in [0.15, 0.2) is 0 Å². The van der Waals surface area contributed by atoms with Crippen molar-refractivity contribution in [2.24, 2.45) is 0 Å². The molecule has 10 rings (SSSR count). The summed E-state index contributed by atoms with van der Waals surface area (Å²) in [4.78, 5) is 7.99. The molecule has 1 saturated carbocycles. The van der Waals surface area contributed by atoms with Crippen molar-refractivity contribution in [2.75, 3.05) is 14.7 Å². The molecule has 59 heavy (non-hydrogen) atoms. The predicted octanol–water partition coefficient (Wildman–Crippen LogP) is 13.0. The number of anilines is 8.